The highest BCUT2D eigenvalue weighted by atomic mass is 16.6. The Labute approximate surface area is 126 Å². The van der Waals surface area contributed by atoms with Gasteiger partial charge in [0.2, 0.25) is 0 Å². The maximum absolute atomic E-state index is 12.1. The van der Waals surface area contributed by atoms with E-state index in [0.717, 1.165) is 5.56 Å². The Morgan fingerprint density at radius 3 is 2.64 bits per heavy atom. The van der Waals surface area contributed by atoms with E-state index in [1.54, 1.807) is 19.1 Å². The van der Waals surface area contributed by atoms with Crippen molar-refractivity contribution in [2.75, 3.05) is 5.32 Å². The van der Waals surface area contributed by atoms with Crippen LogP contribution in [0.1, 0.15) is 16.7 Å². The Morgan fingerprint density at radius 1 is 1.14 bits per heavy atom. The highest BCUT2D eigenvalue weighted by Crippen LogP contribution is 2.29. The summed E-state index contributed by atoms with van der Waals surface area (Å²) in [6.07, 6.45) is 0. The van der Waals surface area contributed by atoms with Crippen molar-refractivity contribution in [1.29, 1.82) is 0 Å². The lowest BCUT2D eigenvalue weighted by Crippen LogP contribution is -2.13. The fourth-order valence-corrected chi connectivity index (χ4v) is 2.37. The number of nitrogens with zero attached hydrogens (tertiary/aromatic N) is 2. The summed E-state index contributed by atoms with van der Waals surface area (Å²) in [5, 5.41) is 13.7. The molecule has 0 saturated heterocycles. The molecule has 22 heavy (non-hydrogen) atoms. The summed E-state index contributed by atoms with van der Waals surface area (Å²) in [5.41, 5.74) is 3.64. The molecule has 6 heteroatoms. The van der Waals surface area contributed by atoms with Crippen molar-refractivity contribution in [2.45, 2.75) is 13.8 Å². The van der Waals surface area contributed by atoms with Crippen LogP contribution in [0, 0.1) is 24.0 Å². The van der Waals surface area contributed by atoms with Crippen molar-refractivity contribution in [2.24, 2.45) is 4.99 Å². The van der Waals surface area contributed by atoms with Crippen molar-refractivity contribution in [3.05, 3.63) is 63.2 Å². The summed E-state index contributed by atoms with van der Waals surface area (Å²) in [4.78, 5) is 26.9. The van der Waals surface area contributed by atoms with E-state index in [9.17, 15) is 14.9 Å². The summed E-state index contributed by atoms with van der Waals surface area (Å²) in [6, 6.07) is 10.3. The lowest BCUT2D eigenvalue weighted by Gasteiger charge is -2.01. The molecular formula is C16H13N3O3. The summed E-state index contributed by atoms with van der Waals surface area (Å²) in [7, 11) is 0. The van der Waals surface area contributed by atoms with Gasteiger partial charge < -0.3 is 5.32 Å². The van der Waals surface area contributed by atoms with E-state index in [0.29, 0.717) is 22.5 Å². The average molecular weight is 295 g/mol. The van der Waals surface area contributed by atoms with Crippen molar-refractivity contribution in [3.63, 3.8) is 0 Å². The summed E-state index contributed by atoms with van der Waals surface area (Å²) in [6.45, 7) is 3.59. The van der Waals surface area contributed by atoms with Crippen LogP contribution in [0.4, 0.5) is 17.1 Å². The van der Waals surface area contributed by atoms with Crippen LogP contribution >= 0.6 is 0 Å². The Balaban J connectivity index is 2.10. The highest BCUT2D eigenvalue weighted by molar-refractivity contribution is 6.54. The van der Waals surface area contributed by atoms with E-state index in [1.807, 2.05) is 25.1 Å². The van der Waals surface area contributed by atoms with Gasteiger partial charge in [-0.3, -0.25) is 14.9 Å². The molecule has 1 heterocycles. The van der Waals surface area contributed by atoms with Crippen molar-refractivity contribution in [1.82, 2.24) is 0 Å². The van der Waals surface area contributed by atoms with Gasteiger partial charge in [0.25, 0.3) is 11.6 Å². The number of hydrogen-bond acceptors (Lipinski definition) is 4. The second-order valence-corrected chi connectivity index (χ2v) is 5.19. The molecule has 0 spiro atoms. The van der Waals surface area contributed by atoms with Gasteiger partial charge in [0, 0.05) is 17.2 Å². The van der Waals surface area contributed by atoms with Crippen LogP contribution in [-0.2, 0) is 4.79 Å². The third kappa shape index (κ3) is 2.35. The number of rotatable bonds is 2. The summed E-state index contributed by atoms with van der Waals surface area (Å²) < 4.78 is 0. The van der Waals surface area contributed by atoms with Gasteiger partial charge in [0.05, 0.1) is 16.3 Å². The zero-order valence-electron chi connectivity index (χ0n) is 12.1. The van der Waals surface area contributed by atoms with E-state index in [-0.39, 0.29) is 17.3 Å². The summed E-state index contributed by atoms with van der Waals surface area (Å²) >= 11 is 0. The number of aliphatic imine (C=N–C) groups is 1. The SMILES string of the molecule is Cc1ccc2c(c1)C(=Nc1ccc(C)c([N+](=O)[O-])c1)C(=O)N2. The molecule has 1 aliphatic heterocycles. The number of hydrogen-bond donors (Lipinski definition) is 1. The molecule has 0 atom stereocenters. The zero-order chi connectivity index (χ0) is 15.9. The molecule has 1 N–H and O–H groups in total. The van der Waals surface area contributed by atoms with E-state index in [2.05, 4.69) is 10.3 Å². The number of carbonyl (C=O) groups excluding carboxylic acids is 1. The van der Waals surface area contributed by atoms with Crippen LogP contribution in [0.15, 0.2) is 41.4 Å². The highest BCUT2D eigenvalue weighted by Gasteiger charge is 2.26. The maximum Gasteiger partial charge on any atom is 0.275 e. The number of carbonyl (C=O) groups is 1. The Morgan fingerprint density at radius 2 is 1.91 bits per heavy atom. The molecule has 110 valence electrons. The van der Waals surface area contributed by atoms with E-state index < -0.39 is 4.92 Å². The number of amides is 1. The zero-order valence-corrected chi connectivity index (χ0v) is 12.1. The van der Waals surface area contributed by atoms with Crippen molar-refractivity contribution in [3.8, 4) is 0 Å². The third-order valence-corrected chi connectivity index (χ3v) is 3.52. The fourth-order valence-electron chi connectivity index (χ4n) is 2.37. The van der Waals surface area contributed by atoms with Crippen LogP contribution in [0.2, 0.25) is 0 Å². The first-order valence-electron chi connectivity index (χ1n) is 6.72. The molecule has 0 saturated carbocycles. The minimum atomic E-state index is -0.453. The Hall–Kier alpha value is -3.02. The predicted molar refractivity (Wildman–Crippen MR) is 83.8 cm³/mol. The molecule has 0 fully saturated rings. The van der Waals surface area contributed by atoms with Gasteiger partial charge in [-0.05, 0) is 32.0 Å². The molecule has 1 amide bonds. The van der Waals surface area contributed by atoms with Gasteiger partial charge in [-0.1, -0.05) is 17.7 Å². The van der Waals surface area contributed by atoms with Gasteiger partial charge in [-0.2, -0.15) is 0 Å². The minimum Gasteiger partial charge on any atom is -0.320 e. The lowest BCUT2D eigenvalue weighted by atomic mass is 10.1. The van der Waals surface area contributed by atoms with Gasteiger partial charge in [-0.25, -0.2) is 4.99 Å². The normalized spacial score (nSPS) is 14.8. The van der Waals surface area contributed by atoms with Crippen molar-refractivity contribution >= 4 is 28.7 Å². The van der Waals surface area contributed by atoms with Gasteiger partial charge in [0.1, 0.15) is 5.71 Å². The molecule has 0 aromatic heterocycles. The van der Waals surface area contributed by atoms with Crippen LogP contribution in [0.5, 0.6) is 0 Å². The van der Waals surface area contributed by atoms with Gasteiger partial charge in [0.15, 0.2) is 0 Å². The number of anilines is 1. The molecule has 0 radical (unpaired) electrons. The lowest BCUT2D eigenvalue weighted by molar-refractivity contribution is -0.385. The molecule has 0 bridgehead atoms. The Bertz CT molecular complexity index is 841. The number of aryl methyl sites for hydroxylation is 2. The smallest absolute Gasteiger partial charge is 0.275 e. The van der Waals surface area contributed by atoms with E-state index in [4.69, 9.17) is 0 Å². The fraction of sp³-hybridized carbons (Fsp3) is 0.125. The molecule has 0 aliphatic carbocycles. The number of nitro groups is 1. The quantitative estimate of drug-likeness (QED) is 0.681. The number of fused-ring (bicyclic) bond motifs is 1. The first-order valence-corrected chi connectivity index (χ1v) is 6.72. The molecule has 0 unspecified atom stereocenters. The standard InChI is InChI=1S/C16H13N3O3/c1-9-3-6-13-12(7-9)15(16(20)18-13)17-11-5-4-10(2)14(8-11)19(21)22/h3-8H,1-2H3,(H,17,18,20). The predicted octanol–water partition coefficient (Wildman–Crippen LogP) is 3.28. The molecular weight excluding hydrogens is 282 g/mol. The van der Waals surface area contributed by atoms with E-state index >= 15 is 0 Å². The van der Waals surface area contributed by atoms with Crippen LogP contribution in [-0.4, -0.2) is 16.5 Å². The molecule has 2 aromatic rings. The second kappa shape index (κ2) is 5.07. The van der Waals surface area contributed by atoms with Gasteiger partial charge in [-0.15, -0.1) is 0 Å². The number of nitro benzene ring substituents is 1. The largest absolute Gasteiger partial charge is 0.320 e. The minimum absolute atomic E-state index is 0.00952. The van der Waals surface area contributed by atoms with Crippen LogP contribution in [0.25, 0.3) is 0 Å². The number of benzene rings is 2. The van der Waals surface area contributed by atoms with Crippen LogP contribution < -0.4 is 5.32 Å². The molecule has 1 aliphatic rings. The van der Waals surface area contributed by atoms with E-state index in [1.165, 1.54) is 6.07 Å². The second-order valence-electron chi connectivity index (χ2n) is 5.19. The summed E-state index contributed by atoms with van der Waals surface area (Å²) in [5.74, 6) is -0.302. The maximum atomic E-state index is 12.1. The third-order valence-electron chi connectivity index (χ3n) is 3.52. The monoisotopic (exact) mass is 295 g/mol. The van der Waals surface area contributed by atoms with Crippen molar-refractivity contribution < 1.29 is 9.72 Å². The molecule has 2 aromatic carbocycles. The topological polar surface area (TPSA) is 84.6 Å². The number of nitrogens with one attached hydrogen (secondary N) is 1. The Kier molecular flexibility index (Phi) is 3.21. The molecule has 6 nitrogen and oxygen atoms in total. The first-order chi connectivity index (χ1) is 10.5. The molecule has 3 rings (SSSR count). The van der Waals surface area contributed by atoms with Gasteiger partial charge >= 0.3 is 0 Å². The first kappa shape index (κ1) is 13.9. The average Bonchev–Trinajstić information content (AvgIpc) is 2.76. The van der Waals surface area contributed by atoms with Crippen LogP contribution in [0.3, 0.4) is 0 Å².